The van der Waals surface area contributed by atoms with Gasteiger partial charge in [0.15, 0.2) is 11.0 Å². The van der Waals surface area contributed by atoms with Gasteiger partial charge in [-0.1, -0.05) is 6.07 Å². The van der Waals surface area contributed by atoms with Crippen LogP contribution in [0, 0.1) is 18.6 Å². The lowest BCUT2D eigenvalue weighted by Crippen LogP contribution is -2.22. The summed E-state index contributed by atoms with van der Waals surface area (Å²) in [6.45, 7) is 5.62. The maximum atomic E-state index is 12.3. The van der Waals surface area contributed by atoms with Crippen LogP contribution >= 0.6 is 23.6 Å². The molecule has 1 saturated carbocycles. The molecule has 3 aromatic rings. The number of carbonyl (C=O) groups is 1. The number of thiazole rings is 1. The van der Waals surface area contributed by atoms with Crippen LogP contribution < -0.4 is 4.90 Å². The van der Waals surface area contributed by atoms with Crippen molar-refractivity contribution in [1.29, 1.82) is 0 Å². The minimum atomic E-state index is -0.0887. The Balaban J connectivity index is 1.62. The van der Waals surface area contributed by atoms with E-state index < -0.39 is 0 Å². The molecule has 0 spiro atoms. The van der Waals surface area contributed by atoms with Gasteiger partial charge in [0.25, 0.3) is 0 Å². The maximum absolute atomic E-state index is 12.3. The number of carbonyl (C=O) groups excluding carboxylic acids is 1. The smallest absolute Gasteiger partial charge is 0.230 e. The first kappa shape index (κ1) is 18.7. The molecular formula is C19H20N6OS2. The highest BCUT2D eigenvalue weighted by atomic mass is 32.1. The second-order valence-electron chi connectivity index (χ2n) is 6.90. The molecule has 4 rings (SSSR count). The number of nitrogens with one attached hydrogen (secondary N) is 1. The zero-order valence-electron chi connectivity index (χ0n) is 15.8. The molecule has 1 aliphatic carbocycles. The average molecular weight is 413 g/mol. The fraction of sp³-hybridized carbons (Fsp3) is 0.316. The normalized spacial score (nSPS) is 14.0. The van der Waals surface area contributed by atoms with E-state index in [9.17, 15) is 4.79 Å². The number of aromatic amines is 1. The van der Waals surface area contributed by atoms with Crippen LogP contribution in [0.3, 0.4) is 0 Å². The largest absolute Gasteiger partial charge is 0.274 e. The van der Waals surface area contributed by atoms with Gasteiger partial charge in [0.05, 0.1) is 17.6 Å². The van der Waals surface area contributed by atoms with Crippen LogP contribution in [-0.4, -0.2) is 32.0 Å². The van der Waals surface area contributed by atoms with Gasteiger partial charge in [-0.05, 0) is 62.2 Å². The standard InChI is InChI=1S/C19H20N6OS2/c1-11-4-7-16(8-12(11)2)24(13(3)26)19-21-15(10-28-19)9-20-25-17(14-5-6-14)22-23-18(25)27/h4,7-10,14H,5-6H2,1-3H3,(H,23,27)/b20-9-. The summed E-state index contributed by atoms with van der Waals surface area (Å²) in [6, 6.07) is 5.95. The lowest BCUT2D eigenvalue weighted by atomic mass is 10.1. The zero-order valence-corrected chi connectivity index (χ0v) is 17.5. The molecule has 144 valence electrons. The first-order valence-corrected chi connectivity index (χ1v) is 10.3. The first-order valence-electron chi connectivity index (χ1n) is 8.99. The topological polar surface area (TPSA) is 79.2 Å². The van der Waals surface area contributed by atoms with Gasteiger partial charge >= 0.3 is 0 Å². The Labute approximate surface area is 171 Å². The number of aromatic nitrogens is 4. The Kier molecular flexibility index (Phi) is 4.94. The average Bonchev–Trinajstić information content (AvgIpc) is 3.28. The molecule has 0 bridgehead atoms. The van der Waals surface area contributed by atoms with Gasteiger partial charge < -0.3 is 0 Å². The third-order valence-corrected chi connectivity index (χ3v) is 5.80. The molecule has 28 heavy (non-hydrogen) atoms. The number of benzene rings is 1. The van der Waals surface area contributed by atoms with Gasteiger partial charge in [0.1, 0.15) is 0 Å². The quantitative estimate of drug-likeness (QED) is 0.496. The van der Waals surface area contributed by atoms with Crippen molar-refractivity contribution in [1.82, 2.24) is 19.9 Å². The number of nitrogens with zero attached hydrogens (tertiary/aromatic N) is 5. The van der Waals surface area contributed by atoms with Crippen LogP contribution in [0.2, 0.25) is 0 Å². The minimum absolute atomic E-state index is 0.0887. The van der Waals surface area contributed by atoms with Crippen LogP contribution in [0.1, 0.15) is 48.3 Å². The molecule has 0 aliphatic heterocycles. The summed E-state index contributed by atoms with van der Waals surface area (Å²) in [5.41, 5.74) is 3.79. The number of aryl methyl sites for hydroxylation is 2. The van der Waals surface area contributed by atoms with Crippen molar-refractivity contribution in [2.45, 2.75) is 39.5 Å². The molecule has 1 N–H and O–H groups in total. The van der Waals surface area contributed by atoms with E-state index in [4.69, 9.17) is 12.2 Å². The van der Waals surface area contributed by atoms with E-state index in [-0.39, 0.29) is 5.91 Å². The second-order valence-corrected chi connectivity index (χ2v) is 8.12. The number of amides is 1. The van der Waals surface area contributed by atoms with E-state index in [0.29, 0.717) is 21.5 Å². The van der Waals surface area contributed by atoms with Crippen LogP contribution in [0.15, 0.2) is 28.7 Å². The van der Waals surface area contributed by atoms with Gasteiger partial charge in [0.2, 0.25) is 10.7 Å². The third kappa shape index (κ3) is 3.67. The highest BCUT2D eigenvalue weighted by Gasteiger charge is 2.29. The monoisotopic (exact) mass is 412 g/mol. The lowest BCUT2D eigenvalue weighted by molar-refractivity contribution is -0.115. The molecule has 0 unspecified atom stereocenters. The Morgan fingerprint density at radius 3 is 2.86 bits per heavy atom. The molecular weight excluding hydrogens is 392 g/mol. The molecule has 0 saturated heterocycles. The Hall–Kier alpha value is -2.65. The molecule has 1 aromatic carbocycles. The fourth-order valence-corrected chi connectivity index (χ4v) is 3.89. The summed E-state index contributed by atoms with van der Waals surface area (Å²) in [5.74, 6) is 1.19. The third-order valence-electron chi connectivity index (χ3n) is 4.69. The summed E-state index contributed by atoms with van der Waals surface area (Å²) in [4.78, 5) is 18.5. The highest BCUT2D eigenvalue weighted by Crippen LogP contribution is 2.38. The van der Waals surface area contributed by atoms with Crippen LogP contribution in [0.5, 0.6) is 0 Å². The van der Waals surface area contributed by atoms with Gasteiger partial charge in [-0.3, -0.25) is 14.8 Å². The summed E-state index contributed by atoms with van der Waals surface area (Å²) >= 11 is 6.66. The molecule has 1 amide bonds. The Morgan fingerprint density at radius 2 is 2.18 bits per heavy atom. The fourth-order valence-electron chi connectivity index (χ4n) is 2.87. The van der Waals surface area contributed by atoms with Crippen molar-refractivity contribution in [3.8, 4) is 0 Å². The second kappa shape index (κ2) is 7.40. The molecule has 9 heteroatoms. The molecule has 0 radical (unpaired) electrons. The van der Waals surface area contributed by atoms with Crippen LogP contribution in [-0.2, 0) is 4.79 Å². The first-order chi connectivity index (χ1) is 13.4. The van der Waals surface area contributed by atoms with E-state index >= 15 is 0 Å². The van der Waals surface area contributed by atoms with Crippen molar-refractivity contribution < 1.29 is 4.79 Å². The Morgan fingerprint density at radius 1 is 1.39 bits per heavy atom. The molecule has 2 aromatic heterocycles. The van der Waals surface area contributed by atoms with E-state index in [1.807, 2.05) is 37.4 Å². The summed E-state index contributed by atoms with van der Waals surface area (Å²) in [6.07, 6.45) is 3.87. The summed E-state index contributed by atoms with van der Waals surface area (Å²) in [7, 11) is 0. The van der Waals surface area contributed by atoms with Gasteiger partial charge in [-0.2, -0.15) is 14.9 Å². The summed E-state index contributed by atoms with van der Waals surface area (Å²) in [5, 5.41) is 14.0. The predicted octanol–water partition coefficient (Wildman–Crippen LogP) is 4.46. The highest BCUT2D eigenvalue weighted by molar-refractivity contribution is 7.71. The van der Waals surface area contributed by atoms with Gasteiger partial charge in [0, 0.05) is 18.2 Å². The number of rotatable bonds is 5. The number of H-pyrrole nitrogens is 1. The van der Waals surface area contributed by atoms with Gasteiger partial charge in [-0.15, -0.1) is 11.3 Å². The van der Waals surface area contributed by atoms with Crippen molar-refractivity contribution in [3.05, 3.63) is 51.0 Å². The molecule has 0 atom stereocenters. The van der Waals surface area contributed by atoms with Crippen molar-refractivity contribution in [2.75, 3.05) is 4.90 Å². The van der Waals surface area contributed by atoms with Crippen molar-refractivity contribution >= 4 is 46.5 Å². The van der Waals surface area contributed by atoms with Gasteiger partial charge in [-0.25, -0.2) is 4.98 Å². The SMILES string of the molecule is CC(=O)N(c1ccc(C)c(C)c1)c1nc(/C=N\n2c(C3CC3)n[nH]c2=S)cs1. The molecule has 7 nitrogen and oxygen atoms in total. The Bertz CT molecular complexity index is 1120. The number of anilines is 2. The lowest BCUT2D eigenvalue weighted by Gasteiger charge is -2.19. The van der Waals surface area contributed by atoms with Crippen molar-refractivity contribution in [3.63, 3.8) is 0 Å². The summed E-state index contributed by atoms with van der Waals surface area (Å²) < 4.78 is 2.12. The van der Waals surface area contributed by atoms with E-state index in [2.05, 4.69) is 20.3 Å². The minimum Gasteiger partial charge on any atom is -0.274 e. The molecule has 1 aliphatic rings. The maximum Gasteiger partial charge on any atom is 0.230 e. The number of hydrogen-bond acceptors (Lipinski definition) is 6. The molecule has 1 fully saturated rings. The van der Waals surface area contributed by atoms with E-state index in [1.165, 1.54) is 23.8 Å². The zero-order chi connectivity index (χ0) is 19.8. The van der Waals surface area contributed by atoms with Crippen molar-refractivity contribution in [2.24, 2.45) is 5.10 Å². The van der Waals surface area contributed by atoms with E-state index in [0.717, 1.165) is 29.9 Å². The molecule has 2 heterocycles. The van der Waals surface area contributed by atoms with Crippen LogP contribution in [0.4, 0.5) is 10.8 Å². The number of hydrogen-bond donors (Lipinski definition) is 1. The predicted molar refractivity (Wildman–Crippen MR) is 113 cm³/mol. The van der Waals surface area contributed by atoms with Crippen LogP contribution in [0.25, 0.3) is 0 Å². The van der Waals surface area contributed by atoms with E-state index in [1.54, 1.807) is 15.8 Å².